The van der Waals surface area contributed by atoms with Crippen molar-refractivity contribution >= 4 is 0 Å². The summed E-state index contributed by atoms with van der Waals surface area (Å²) in [5, 5.41) is 3.41. The zero-order chi connectivity index (χ0) is 12.3. The van der Waals surface area contributed by atoms with Crippen molar-refractivity contribution in [1.82, 2.24) is 5.32 Å². The fourth-order valence-electron chi connectivity index (χ4n) is 2.47. The summed E-state index contributed by atoms with van der Waals surface area (Å²) >= 11 is 0. The molecule has 0 unspecified atom stereocenters. The summed E-state index contributed by atoms with van der Waals surface area (Å²) in [5.74, 6) is 1.75. The SMILES string of the molecule is Cc1cc(C2CCNCC2)ccc1OC(C)C. The van der Waals surface area contributed by atoms with Crippen LogP contribution in [0.15, 0.2) is 18.2 Å². The Kier molecular flexibility index (Phi) is 4.06. The molecule has 17 heavy (non-hydrogen) atoms. The van der Waals surface area contributed by atoms with Crippen molar-refractivity contribution in [2.24, 2.45) is 0 Å². The molecule has 0 aromatic heterocycles. The number of ether oxygens (including phenoxy) is 1. The highest BCUT2D eigenvalue weighted by molar-refractivity contribution is 5.38. The zero-order valence-electron chi connectivity index (χ0n) is 11.1. The molecule has 1 N–H and O–H groups in total. The Bertz CT molecular complexity index is 367. The first-order valence-corrected chi connectivity index (χ1v) is 6.64. The van der Waals surface area contributed by atoms with Gasteiger partial charge in [-0.2, -0.15) is 0 Å². The van der Waals surface area contributed by atoms with Crippen molar-refractivity contribution in [3.05, 3.63) is 29.3 Å². The topological polar surface area (TPSA) is 21.3 Å². The van der Waals surface area contributed by atoms with Crippen LogP contribution in [0.4, 0.5) is 0 Å². The van der Waals surface area contributed by atoms with Gasteiger partial charge in [0.1, 0.15) is 5.75 Å². The smallest absolute Gasteiger partial charge is 0.122 e. The van der Waals surface area contributed by atoms with E-state index in [0.717, 1.165) is 24.8 Å². The largest absolute Gasteiger partial charge is 0.491 e. The van der Waals surface area contributed by atoms with E-state index in [1.54, 1.807) is 0 Å². The van der Waals surface area contributed by atoms with Crippen LogP contribution in [0, 0.1) is 6.92 Å². The summed E-state index contributed by atoms with van der Waals surface area (Å²) in [6.45, 7) is 8.57. The molecule has 1 aromatic carbocycles. The number of hydrogen-bond acceptors (Lipinski definition) is 2. The van der Waals surface area contributed by atoms with Crippen LogP contribution >= 0.6 is 0 Å². The van der Waals surface area contributed by atoms with Crippen LogP contribution in [0.25, 0.3) is 0 Å². The zero-order valence-corrected chi connectivity index (χ0v) is 11.1. The van der Waals surface area contributed by atoms with Crippen LogP contribution in [0.1, 0.15) is 43.7 Å². The summed E-state index contributed by atoms with van der Waals surface area (Å²) in [6, 6.07) is 6.67. The van der Waals surface area contributed by atoms with E-state index in [0.29, 0.717) is 0 Å². The maximum Gasteiger partial charge on any atom is 0.122 e. The minimum absolute atomic E-state index is 0.249. The van der Waals surface area contributed by atoms with Gasteiger partial charge in [-0.05, 0) is 69.8 Å². The van der Waals surface area contributed by atoms with Gasteiger partial charge in [-0.1, -0.05) is 12.1 Å². The van der Waals surface area contributed by atoms with Crippen molar-refractivity contribution < 1.29 is 4.74 Å². The number of piperidine rings is 1. The Labute approximate surface area is 104 Å². The fraction of sp³-hybridized carbons (Fsp3) is 0.600. The van der Waals surface area contributed by atoms with Gasteiger partial charge in [-0.15, -0.1) is 0 Å². The predicted molar refractivity (Wildman–Crippen MR) is 71.8 cm³/mol. The van der Waals surface area contributed by atoms with E-state index in [2.05, 4.69) is 44.3 Å². The maximum atomic E-state index is 5.77. The average Bonchev–Trinajstić information content (AvgIpc) is 2.32. The fourth-order valence-corrected chi connectivity index (χ4v) is 2.47. The number of benzene rings is 1. The van der Waals surface area contributed by atoms with Gasteiger partial charge in [0.05, 0.1) is 6.10 Å². The molecule has 0 radical (unpaired) electrons. The van der Waals surface area contributed by atoms with E-state index in [-0.39, 0.29) is 6.10 Å². The minimum atomic E-state index is 0.249. The van der Waals surface area contributed by atoms with E-state index in [1.807, 2.05) is 0 Å². The van der Waals surface area contributed by atoms with Crippen LogP contribution in [-0.2, 0) is 0 Å². The molecule has 1 aliphatic heterocycles. The third-order valence-corrected chi connectivity index (χ3v) is 3.37. The summed E-state index contributed by atoms with van der Waals surface area (Å²) in [7, 11) is 0. The van der Waals surface area contributed by atoms with Gasteiger partial charge in [0.2, 0.25) is 0 Å². The van der Waals surface area contributed by atoms with E-state index >= 15 is 0 Å². The molecular weight excluding hydrogens is 210 g/mol. The third kappa shape index (κ3) is 3.22. The van der Waals surface area contributed by atoms with Gasteiger partial charge < -0.3 is 10.1 Å². The molecule has 0 bridgehead atoms. The summed E-state index contributed by atoms with van der Waals surface area (Å²) in [6.07, 6.45) is 2.76. The number of rotatable bonds is 3. The Morgan fingerprint density at radius 3 is 2.53 bits per heavy atom. The van der Waals surface area contributed by atoms with Crippen molar-refractivity contribution in [1.29, 1.82) is 0 Å². The van der Waals surface area contributed by atoms with E-state index in [1.165, 1.54) is 24.0 Å². The molecule has 1 aliphatic rings. The molecule has 2 heteroatoms. The minimum Gasteiger partial charge on any atom is -0.491 e. The van der Waals surface area contributed by atoms with Gasteiger partial charge in [0.15, 0.2) is 0 Å². The molecule has 0 aliphatic carbocycles. The van der Waals surface area contributed by atoms with Crippen molar-refractivity contribution in [3.8, 4) is 5.75 Å². The number of hydrogen-bond donors (Lipinski definition) is 1. The normalized spacial score (nSPS) is 17.4. The lowest BCUT2D eigenvalue weighted by Gasteiger charge is -2.24. The first-order chi connectivity index (χ1) is 8.16. The molecule has 1 saturated heterocycles. The number of aryl methyl sites for hydroxylation is 1. The molecule has 0 saturated carbocycles. The van der Waals surface area contributed by atoms with E-state index in [4.69, 9.17) is 4.74 Å². The van der Waals surface area contributed by atoms with Gasteiger partial charge in [-0.25, -0.2) is 0 Å². The second-order valence-electron chi connectivity index (χ2n) is 5.22. The van der Waals surface area contributed by atoms with Crippen LogP contribution < -0.4 is 10.1 Å². The molecule has 1 fully saturated rings. The first-order valence-electron chi connectivity index (χ1n) is 6.64. The van der Waals surface area contributed by atoms with Crippen LogP contribution in [-0.4, -0.2) is 19.2 Å². The van der Waals surface area contributed by atoms with E-state index < -0.39 is 0 Å². The van der Waals surface area contributed by atoms with Gasteiger partial charge >= 0.3 is 0 Å². The van der Waals surface area contributed by atoms with Gasteiger partial charge in [-0.3, -0.25) is 0 Å². The molecule has 2 nitrogen and oxygen atoms in total. The van der Waals surface area contributed by atoms with Gasteiger partial charge in [0.25, 0.3) is 0 Å². The van der Waals surface area contributed by atoms with Crippen molar-refractivity contribution in [2.45, 2.75) is 45.6 Å². The predicted octanol–water partition coefficient (Wildman–Crippen LogP) is 3.25. The van der Waals surface area contributed by atoms with Crippen molar-refractivity contribution in [3.63, 3.8) is 0 Å². The Morgan fingerprint density at radius 1 is 1.24 bits per heavy atom. The standard InChI is InChI=1S/C15H23NO/c1-11(2)17-15-5-4-14(10-12(15)3)13-6-8-16-9-7-13/h4-5,10-11,13,16H,6-9H2,1-3H3. The number of nitrogens with one attached hydrogen (secondary N) is 1. The lowest BCUT2D eigenvalue weighted by molar-refractivity contribution is 0.240. The van der Waals surface area contributed by atoms with Crippen LogP contribution in [0.5, 0.6) is 5.75 Å². The highest BCUT2D eigenvalue weighted by Crippen LogP contribution is 2.29. The molecule has 0 spiro atoms. The highest BCUT2D eigenvalue weighted by Gasteiger charge is 2.16. The first kappa shape index (κ1) is 12.4. The quantitative estimate of drug-likeness (QED) is 0.865. The second kappa shape index (κ2) is 5.54. The Morgan fingerprint density at radius 2 is 1.94 bits per heavy atom. The van der Waals surface area contributed by atoms with Gasteiger partial charge in [0, 0.05) is 0 Å². The highest BCUT2D eigenvalue weighted by atomic mass is 16.5. The second-order valence-corrected chi connectivity index (χ2v) is 5.22. The van der Waals surface area contributed by atoms with E-state index in [9.17, 15) is 0 Å². The molecule has 94 valence electrons. The Balaban J connectivity index is 2.12. The van der Waals surface area contributed by atoms with Crippen molar-refractivity contribution in [2.75, 3.05) is 13.1 Å². The lowest BCUT2D eigenvalue weighted by atomic mass is 9.89. The third-order valence-electron chi connectivity index (χ3n) is 3.37. The monoisotopic (exact) mass is 233 g/mol. The molecule has 2 rings (SSSR count). The molecular formula is C15H23NO. The molecule has 1 aromatic rings. The molecule has 0 amide bonds. The molecule has 0 atom stereocenters. The molecule has 1 heterocycles. The summed E-state index contributed by atoms with van der Waals surface area (Å²) in [5.41, 5.74) is 2.73. The Hall–Kier alpha value is -1.02. The summed E-state index contributed by atoms with van der Waals surface area (Å²) in [4.78, 5) is 0. The average molecular weight is 233 g/mol. The van der Waals surface area contributed by atoms with Crippen LogP contribution in [0.2, 0.25) is 0 Å². The maximum absolute atomic E-state index is 5.77. The summed E-state index contributed by atoms with van der Waals surface area (Å²) < 4.78 is 5.77. The van der Waals surface area contributed by atoms with Crippen LogP contribution in [0.3, 0.4) is 0 Å². The lowest BCUT2D eigenvalue weighted by Crippen LogP contribution is -2.26.